The van der Waals surface area contributed by atoms with Crippen molar-refractivity contribution >= 4 is 5.91 Å². The summed E-state index contributed by atoms with van der Waals surface area (Å²) in [5, 5.41) is 43.9. The summed E-state index contributed by atoms with van der Waals surface area (Å²) in [4.78, 5) is 12.6. The fourth-order valence-electron chi connectivity index (χ4n) is 8.48. The highest BCUT2D eigenvalue weighted by Gasteiger charge is 2.28. The number of hydrogen-bond acceptors (Lipinski definition) is 5. The second-order valence-electron chi connectivity index (χ2n) is 18.9. The number of aliphatic hydroxyl groups is 4. The third-order valence-corrected chi connectivity index (χ3v) is 12.8. The number of carbonyl (C=O) groups excluding carboxylic acids is 1. The van der Waals surface area contributed by atoms with Gasteiger partial charge in [0.2, 0.25) is 5.91 Å². The van der Waals surface area contributed by atoms with Crippen LogP contribution in [0, 0.1) is 0 Å². The van der Waals surface area contributed by atoms with Gasteiger partial charge < -0.3 is 25.7 Å². The van der Waals surface area contributed by atoms with E-state index in [0.29, 0.717) is 19.3 Å². The van der Waals surface area contributed by atoms with Crippen LogP contribution in [0.1, 0.15) is 284 Å². The number of carbonyl (C=O) groups is 1. The zero-order valence-corrected chi connectivity index (χ0v) is 41.4. The Morgan fingerprint density at radius 1 is 0.387 bits per heavy atom. The smallest absolute Gasteiger partial charge is 0.249 e. The van der Waals surface area contributed by atoms with E-state index in [0.717, 1.165) is 38.5 Å². The maximum Gasteiger partial charge on any atom is 0.249 e. The average molecular weight is 874 g/mol. The van der Waals surface area contributed by atoms with Crippen molar-refractivity contribution in [3.8, 4) is 0 Å². The summed E-state index contributed by atoms with van der Waals surface area (Å²) in [5.74, 6) is -0.596. The maximum atomic E-state index is 12.6. The number of unbranched alkanes of at least 4 members (excludes halogenated alkanes) is 35. The minimum absolute atomic E-state index is 0.359. The quantitative estimate of drug-likeness (QED) is 0.0309. The summed E-state index contributed by atoms with van der Waals surface area (Å²) in [7, 11) is 0. The molecule has 0 spiro atoms. The van der Waals surface area contributed by atoms with E-state index in [1.54, 1.807) is 0 Å². The Morgan fingerprint density at radius 3 is 1.02 bits per heavy atom. The molecular formula is C56H107NO5. The van der Waals surface area contributed by atoms with E-state index in [-0.39, 0.29) is 0 Å². The van der Waals surface area contributed by atoms with Crippen molar-refractivity contribution in [2.24, 2.45) is 0 Å². The summed E-state index contributed by atoms with van der Waals surface area (Å²) in [5.41, 5.74) is 0. The highest BCUT2D eigenvalue weighted by Crippen LogP contribution is 2.17. The van der Waals surface area contributed by atoms with Crippen molar-refractivity contribution in [2.75, 3.05) is 6.61 Å². The monoisotopic (exact) mass is 874 g/mol. The van der Waals surface area contributed by atoms with Crippen LogP contribution in [0.15, 0.2) is 36.5 Å². The molecule has 0 aromatic heterocycles. The lowest BCUT2D eigenvalue weighted by molar-refractivity contribution is -0.132. The van der Waals surface area contributed by atoms with Crippen molar-refractivity contribution in [1.29, 1.82) is 0 Å². The summed E-state index contributed by atoms with van der Waals surface area (Å²) in [6.45, 7) is 4.06. The SMILES string of the molecule is CCCCCCCCCCCCC/C=C/CC/C=C/CCCC(O)C(O)C(CO)NC(=O)C(O)CCCCCCCCCCCC/C=C\CCCCCCCCCCCCCC. The Kier molecular flexibility index (Phi) is 49.3. The molecule has 0 radical (unpaired) electrons. The summed E-state index contributed by atoms with van der Waals surface area (Å²) in [6.07, 6.45) is 62.1. The molecule has 0 heterocycles. The molecular weight excluding hydrogens is 767 g/mol. The van der Waals surface area contributed by atoms with Gasteiger partial charge in [-0.05, 0) is 77.0 Å². The fraction of sp³-hybridized carbons (Fsp3) is 0.875. The van der Waals surface area contributed by atoms with E-state index in [9.17, 15) is 25.2 Å². The standard InChI is InChI=1S/C56H107NO5/c1-3-5-7-9-11-13-15-17-19-21-23-25-26-27-28-29-30-32-34-36-38-40-42-44-46-48-50-54(60)56(62)57-52(51-58)55(61)53(59)49-47-45-43-41-39-37-35-33-31-24-22-20-18-16-14-12-10-8-6-4-2/h27-28,33,35,41,43,52-55,58-61H,3-26,29-32,34,36-40,42,44-51H2,1-2H3,(H,57,62)/b28-27-,35-33+,43-41+. The van der Waals surface area contributed by atoms with Crippen LogP contribution in [-0.4, -0.2) is 57.3 Å². The van der Waals surface area contributed by atoms with Gasteiger partial charge in [-0.2, -0.15) is 0 Å². The van der Waals surface area contributed by atoms with Crippen LogP contribution in [-0.2, 0) is 4.79 Å². The number of allylic oxidation sites excluding steroid dienone is 6. The molecule has 0 aliphatic carbocycles. The van der Waals surface area contributed by atoms with Crippen LogP contribution in [0.5, 0.6) is 0 Å². The first-order chi connectivity index (χ1) is 30.5. The van der Waals surface area contributed by atoms with Gasteiger partial charge in [-0.25, -0.2) is 0 Å². The second kappa shape index (κ2) is 50.5. The highest BCUT2D eigenvalue weighted by atomic mass is 16.3. The van der Waals surface area contributed by atoms with Gasteiger partial charge in [0, 0.05) is 0 Å². The second-order valence-corrected chi connectivity index (χ2v) is 18.9. The lowest BCUT2D eigenvalue weighted by Crippen LogP contribution is -2.53. The van der Waals surface area contributed by atoms with E-state index < -0.39 is 36.9 Å². The third kappa shape index (κ3) is 43.8. The van der Waals surface area contributed by atoms with E-state index >= 15 is 0 Å². The van der Waals surface area contributed by atoms with E-state index in [1.165, 1.54) is 212 Å². The van der Waals surface area contributed by atoms with Crippen LogP contribution in [0.4, 0.5) is 0 Å². The molecule has 6 nitrogen and oxygen atoms in total. The normalized spacial score (nSPS) is 14.1. The Bertz CT molecular complexity index is 981. The Balaban J connectivity index is 3.69. The number of aliphatic hydroxyl groups excluding tert-OH is 4. The molecule has 0 aliphatic rings. The van der Waals surface area contributed by atoms with Gasteiger partial charge in [0.25, 0.3) is 0 Å². The highest BCUT2D eigenvalue weighted by molar-refractivity contribution is 5.80. The molecule has 0 aromatic carbocycles. The minimum Gasteiger partial charge on any atom is -0.394 e. The van der Waals surface area contributed by atoms with Gasteiger partial charge >= 0.3 is 0 Å². The number of nitrogens with one attached hydrogen (secondary N) is 1. The van der Waals surface area contributed by atoms with Crippen molar-refractivity contribution in [2.45, 2.75) is 308 Å². The molecule has 5 N–H and O–H groups in total. The zero-order valence-electron chi connectivity index (χ0n) is 41.4. The van der Waals surface area contributed by atoms with Gasteiger partial charge in [-0.15, -0.1) is 0 Å². The van der Waals surface area contributed by atoms with Crippen molar-refractivity contribution in [1.82, 2.24) is 5.32 Å². The van der Waals surface area contributed by atoms with Crippen LogP contribution in [0.2, 0.25) is 0 Å². The van der Waals surface area contributed by atoms with Gasteiger partial charge in [0.15, 0.2) is 0 Å². The first-order valence-corrected chi connectivity index (χ1v) is 27.4. The predicted molar refractivity (Wildman–Crippen MR) is 270 cm³/mol. The first kappa shape index (κ1) is 60.5. The van der Waals surface area contributed by atoms with Crippen molar-refractivity contribution in [3.63, 3.8) is 0 Å². The van der Waals surface area contributed by atoms with Crippen LogP contribution in [0.3, 0.4) is 0 Å². The molecule has 0 bridgehead atoms. The minimum atomic E-state index is -1.29. The molecule has 1 amide bonds. The molecule has 0 rings (SSSR count). The first-order valence-electron chi connectivity index (χ1n) is 27.4. The van der Waals surface area contributed by atoms with Crippen LogP contribution < -0.4 is 5.32 Å². The van der Waals surface area contributed by atoms with Crippen molar-refractivity contribution in [3.05, 3.63) is 36.5 Å². The Morgan fingerprint density at radius 2 is 0.677 bits per heavy atom. The number of amides is 1. The van der Waals surface area contributed by atoms with Crippen molar-refractivity contribution < 1.29 is 25.2 Å². The Hall–Kier alpha value is -1.47. The van der Waals surface area contributed by atoms with Gasteiger partial charge in [-0.1, -0.05) is 243 Å². The average Bonchev–Trinajstić information content (AvgIpc) is 3.28. The maximum absolute atomic E-state index is 12.6. The molecule has 0 aromatic rings. The predicted octanol–water partition coefficient (Wildman–Crippen LogP) is 15.6. The van der Waals surface area contributed by atoms with E-state index in [1.807, 2.05) is 0 Å². The van der Waals surface area contributed by atoms with Gasteiger partial charge in [-0.3, -0.25) is 4.79 Å². The largest absolute Gasteiger partial charge is 0.394 e. The summed E-state index contributed by atoms with van der Waals surface area (Å²) in [6, 6.07) is -1.01. The molecule has 4 atom stereocenters. The molecule has 0 saturated heterocycles. The molecule has 62 heavy (non-hydrogen) atoms. The van der Waals surface area contributed by atoms with E-state index in [2.05, 4.69) is 55.6 Å². The molecule has 4 unspecified atom stereocenters. The molecule has 0 aliphatic heterocycles. The molecule has 6 heteroatoms. The fourth-order valence-corrected chi connectivity index (χ4v) is 8.48. The third-order valence-electron chi connectivity index (χ3n) is 12.8. The number of hydrogen-bond donors (Lipinski definition) is 5. The van der Waals surface area contributed by atoms with Gasteiger partial charge in [0.1, 0.15) is 12.2 Å². The van der Waals surface area contributed by atoms with Crippen LogP contribution in [0.25, 0.3) is 0 Å². The summed E-state index contributed by atoms with van der Waals surface area (Å²) < 4.78 is 0. The zero-order chi connectivity index (χ0) is 45.2. The lowest BCUT2D eigenvalue weighted by atomic mass is 10.00. The number of rotatable bonds is 50. The van der Waals surface area contributed by atoms with Gasteiger partial charge in [0.05, 0.1) is 18.8 Å². The molecule has 366 valence electrons. The molecule has 0 fully saturated rings. The Labute approximate surface area is 386 Å². The summed E-state index contributed by atoms with van der Waals surface area (Å²) >= 11 is 0. The molecule has 0 saturated carbocycles. The van der Waals surface area contributed by atoms with Crippen LogP contribution >= 0.6 is 0 Å². The van der Waals surface area contributed by atoms with E-state index in [4.69, 9.17) is 0 Å². The lowest BCUT2D eigenvalue weighted by Gasteiger charge is -2.27. The topological polar surface area (TPSA) is 110 Å².